The van der Waals surface area contributed by atoms with Crippen molar-refractivity contribution in [2.24, 2.45) is 5.41 Å². The summed E-state index contributed by atoms with van der Waals surface area (Å²) in [5.41, 5.74) is 5.76. The van der Waals surface area contributed by atoms with Crippen molar-refractivity contribution in [3.8, 4) is 5.75 Å². The number of thiazole rings is 1. The van der Waals surface area contributed by atoms with E-state index in [2.05, 4.69) is 93.2 Å². The van der Waals surface area contributed by atoms with Gasteiger partial charge in [0.15, 0.2) is 0 Å². The molecule has 0 unspecified atom stereocenters. The first-order valence-corrected chi connectivity index (χ1v) is 12.5. The summed E-state index contributed by atoms with van der Waals surface area (Å²) in [6, 6.07) is 14.4. The Bertz CT molecular complexity index is 1250. The zero-order valence-electron chi connectivity index (χ0n) is 20.0. The molecule has 0 saturated carbocycles. The lowest BCUT2D eigenvalue weighted by molar-refractivity contribution is 0.305. The molecule has 4 rings (SSSR count). The third kappa shape index (κ3) is 5.62. The molecule has 0 saturated heterocycles. The second-order valence-corrected chi connectivity index (χ2v) is 11.0. The van der Waals surface area contributed by atoms with E-state index >= 15 is 0 Å². The number of hydrogen-bond acceptors (Lipinski definition) is 3. The van der Waals surface area contributed by atoms with E-state index in [1.54, 1.807) is 11.3 Å². The van der Waals surface area contributed by atoms with Crippen LogP contribution in [0, 0.1) is 25.7 Å². The summed E-state index contributed by atoms with van der Waals surface area (Å²) in [5, 5.41) is 5.07. The van der Waals surface area contributed by atoms with Crippen molar-refractivity contribution >= 4 is 33.8 Å². The van der Waals surface area contributed by atoms with Gasteiger partial charge < -0.3 is 9.30 Å². The summed E-state index contributed by atoms with van der Waals surface area (Å²) < 4.78 is 8.49. The maximum Gasteiger partial charge on any atom is 0.140 e. The summed E-state index contributed by atoms with van der Waals surface area (Å²) in [6.07, 6.45) is 2.25. The Labute approximate surface area is 206 Å². The molecule has 0 fully saturated rings. The van der Waals surface area contributed by atoms with Crippen LogP contribution in [0.25, 0.3) is 10.9 Å². The maximum atomic E-state index is 6.13. The van der Waals surface area contributed by atoms with Gasteiger partial charge in [0.1, 0.15) is 17.4 Å². The fraction of sp³-hybridized carbons (Fsp3) is 0.321. The Morgan fingerprint density at radius 3 is 2.55 bits per heavy atom. The zero-order valence-corrected chi connectivity index (χ0v) is 21.6. The molecule has 5 heteroatoms. The Kier molecular flexibility index (Phi) is 6.88. The molecule has 0 bridgehead atoms. The standard InChI is InChI=1S/C28H31ClN2OS/c1-18(2)24-17-33-27(30-24)16-32-22-11-12-25-23(13-22)19(3)26(14-28(4,5)6)31(25)15-20-7-9-21(29)10-8-20/h7-14,17-18H,4,15-16H2,1-3,5-6H3. The summed E-state index contributed by atoms with van der Waals surface area (Å²) in [4.78, 5) is 4.68. The molecule has 0 aliphatic carbocycles. The molecule has 2 aromatic carbocycles. The molecular weight excluding hydrogens is 448 g/mol. The van der Waals surface area contributed by atoms with Gasteiger partial charge in [-0.3, -0.25) is 0 Å². The molecule has 0 aliphatic heterocycles. The van der Waals surface area contributed by atoms with Crippen LogP contribution >= 0.6 is 22.9 Å². The highest BCUT2D eigenvalue weighted by molar-refractivity contribution is 7.09. The normalized spacial score (nSPS) is 12.1. The minimum Gasteiger partial charge on any atom is -0.486 e. The molecule has 172 valence electrons. The SMILES string of the molecule is [CH2]C(C)(C)[CH]c1c(C)c2cc(OCc3nc(C(C)C)cs3)ccc2n1Cc1ccc(Cl)cc1. The Hall–Kier alpha value is -2.30. The van der Waals surface area contributed by atoms with E-state index in [-0.39, 0.29) is 5.41 Å². The molecule has 4 aromatic rings. The van der Waals surface area contributed by atoms with Gasteiger partial charge in [0.25, 0.3) is 0 Å². The van der Waals surface area contributed by atoms with E-state index in [1.807, 2.05) is 12.1 Å². The van der Waals surface area contributed by atoms with Crippen LogP contribution in [0.15, 0.2) is 47.8 Å². The number of rotatable bonds is 8. The van der Waals surface area contributed by atoms with Crippen LogP contribution in [-0.4, -0.2) is 9.55 Å². The van der Waals surface area contributed by atoms with Crippen LogP contribution < -0.4 is 4.74 Å². The summed E-state index contributed by atoms with van der Waals surface area (Å²) in [7, 11) is 0. The lowest BCUT2D eigenvalue weighted by atomic mass is 9.89. The minimum absolute atomic E-state index is 0.185. The van der Waals surface area contributed by atoms with E-state index in [0.29, 0.717) is 12.5 Å². The first-order chi connectivity index (χ1) is 15.6. The fourth-order valence-electron chi connectivity index (χ4n) is 3.91. The summed E-state index contributed by atoms with van der Waals surface area (Å²) in [6.45, 7) is 16.3. The van der Waals surface area contributed by atoms with E-state index in [0.717, 1.165) is 28.0 Å². The van der Waals surface area contributed by atoms with Crippen molar-refractivity contribution in [3.63, 3.8) is 0 Å². The molecule has 33 heavy (non-hydrogen) atoms. The largest absolute Gasteiger partial charge is 0.486 e. The number of halogens is 1. The zero-order chi connectivity index (χ0) is 23.8. The average Bonchev–Trinajstić information content (AvgIpc) is 3.32. The fourth-order valence-corrected chi connectivity index (χ4v) is 4.90. The van der Waals surface area contributed by atoms with Crippen LogP contribution in [-0.2, 0) is 13.2 Å². The highest BCUT2D eigenvalue weighted by Crippen LogP contribution is 2.35. The summed E-state index contributed by atoms with van der Waals surface area (Å²) >= 11 is 7.76. The van der Waals surface area contributed by atoms with Gasteiger partial charge in [-0.05, 0) is 66.6 Å². The molecule has 0 aliphatic rings. The lowest BCUT2D eigenvalue weighted by Gasteiger charge is -2.20. The van der Waals surface area contributed by atoms with Gasteiger partial charge in [0.05, 0.1) is 5.69 Å². The predicted molar refractivity (Wildman–Crippen MR) is 140 cm³/mol. The first-order valence-electron chi connectivity index (χ1n) is 11.3. The topological polar surface area (TPSA) is 27.1 Å². The first kappa shape index (κ1) is 23.8. The highest BCUT2D eigenvalue weighted by Gasteiger charge is 2.21. The van der Waals surface area contributed by atoms with Crippen LogP contribution in [0.1, 0.15) is 61.1 Å². The van der Waals surface area contributed by atoms with Crippen molar-refractivity contribution in [2.75, 3.05) is 0 Å². The van der Waals surface area contributed by atoms with Crippen LogP contribution in [0.4, 0.5) is 0 Å². The molecule has 2 radical (unpaired) electrons. The molecule has 2 aromatic heterocycles. The van der Waals surface area contributed by atoms with Crippen LogP contribution in [0.2, 0.25) is 5.02 Å². The van der Waals surface area contributed by atoms with Crippen molar-refractivity contribution < 1.29 is 4.74 Å². The van der Waals surface area contributed by atoms with E-state index in [1.165, 1.54) is 27.7 Å². The highest BCUT2D eigenvalue weighted by atomic mass is 35.5. The Balaban J connectivity index is 1.66. The third-order valence-electron chi connectivity index (χ3n) is 5.64. The Morgan fingerprint density at radius 2 is 1.91 bits per heavy atom. The smallest absolute Gasteiger partial charge is 0.140 e. The molecule has 0 N–H and O–H groups in total. The number of benzene rings is 2. The number of aromatic nitrogens is 2. The van der Waals surface area contributed by atoms with Gasteiger partial charge in [-0.1, -0.05) is 51.4 Å². The van der Waals surface area contributed by atoms with E-state index in [9.17, 15) is 0 Å². The van der Waals surface area contributed by atoms with Gasteiger partial charge in [-0.15, -0.1) is 11.3 Å². The van der Waals surface area contributed by atoms with Gasteiger partial charge >= 0.3 is 0 Å². The van der Waals surface area contributed by atoms with Gasteiger partial charge in [0.2, 0.25) is 0 Å². The molecule has 0 spiro atoms. The van der Waals surface area contributed by atoms with Crippen molar-refractivity contribution in [3.05, 3.63) is 93.7 Å². The van der Waals surface area contributed by atoms with E-state index in [4.69, 9.17) is 16.3 Å². The van der Waals surface area contributed by atoms with Crippen molar-refractivity contribution in [1.82, 2.24) is 9.55 Å². The minimum atomic E-state index is -0.185. The number of ether oxygens (including phenoxy) is 1. The maximum absolute atomic E-state index is 6.13. The quantitative estimate of drug-likeness (QED) is 0.255. The third-order valence-corrected chi connectivity index (χ3v) is 6.74. The van der Waals surface area contributed by atoms with Gasteiger partial charge in [-0.25, -0.2) is 4.98 Å². The molecular formula is C28H31ClN2OS. The van der Waals surface area contributed by atoms with Crippen LogP contribution in [0.3, 0.4) is 0 Å². The van der Waals surface area contributed by atoms with Crippen molar-refractivity contribution in [1.29, 1.82) is 0 Å². The van der Waals surface area contributed by atoms with Crippen LogP contribution in [0.5, 0.6) is 5.75 Å². The Morgan fingerprint density at radius 1 is 1.18 bits per heavy atom. The van der Waals surface area contributed by atoms with Crippen molar-refractivity contribution in [2.45, 2.75) is 53.7 Å². The second-order valence-electron chi connectivity index (χ2n) is 9.64. The molecule has 2 heterocycles. The molecule has 0 amide bonds. The van der Waals surface area contributed by atoms with Gasteiger partial charge in [0, 0.05) is 40.0 Å². The number of aryl methyl sites for hydroxylation is 1. The number of hydrogen-bond donors (Lipinski definition) is 0. The molecule has 3 nitrogen and oxygen atoms in total. The monoisotopic (exact) mass is 478 g/mol. The predicted octanol–water partition coefficient (Wildman–Crippen LogP) is 8.22. The lowest BCUT2D eigenvalue weighted by Crippen LogP contribution is -2.13. The number of nitrogens with zero attached hydrogens (tertiary/aromatic N) is 2. The summed E-state index contributed by atoms with van der Waals surface area (Å²) in [5.74, 6) is 1.29. The molecule has 0 atom stereocenters. The van der Waals surface area contributed by atoms with E-state index < -0.39 is 0 Å². The number of fused-ring (bicyclic) bond motifs is 1. The van der Waals surface area contributed by atoms with Gasteiger partial charge in [-0.2, -0.15) is 0 Å². The average molecular weight is 479 g/mol. The second kappa shape index (κ2) is 9.52.